The monoisotopic (exact) mass is 568 g/mol. The van der Waals surface area contributed by atoms with Crippen LogP contribution in [0.25, 0.3) is 0 Å². The first-order chi connectivity index (χ1) is 18.8. The van der Waals surface area contributed by atoms with Crippen molar-refractivity contribution in [1.29, 1.82) is 0 Å². The molecule has 1 saturated heterocycles. The van der Waals surface area contributed by atoms with Crippen molar-refractivity contribution in [2.75, 3.05) is 17.2 Å². The maximum Gasteiger partial charge on any atom is 0.330 e. The number of halogens is 1. The number of ether oxygens (including phenoxy) is 1. The quantitative estimate of drug-likeness (QED) is 0.245. The molecule has 2 aromatic rings. The van der Waals surface area contributed by atoms with Gasteiger partial charge >= 0.3 is 6.03 Å². The number of rotatable bonds is 10. The number of hydrogen-bond donors (Lipinski definition) is 2. The van der Waals surface area contributed by atoms with E-state index in [4.69, 9.17) is 16.3 Å². The number of carbonyl (C=O) groups is 5. The molecule has 2 N–H and O–H groups in total. The average Bonchev–Trinajstić information content (AvgIpc) is 3.10. The van der Waals surface area contributed by atoms with E-state index in [1.54, 1.807) is 52.0 Å². The molecule has 0 aliphatic carbocycles. The summed E-state index contributed by atoms with van der Waals surface area (Å²) in [6.07, 6.45) is -1.31. The van der Waals surface area contributed by atoms with Crippen LogP contribution in [0.1, 0.15) is 40.2 Å². The molecule has 1 heterocycles. The Kier molecular flexibility index (Phi) is 9.49. The first kappa shape index (κ1) is 30.5. The third kappa shape index (κ3) is 6.75. The third-order valence-corrected chi connectivity index (χ3v) is 6.40. The standard InChI is InChI=1S/C29H33ClN4O6/c1-7-40-27-26(38)34(28(39)33(27)16-18-11-9-8-10-12-18)22(23(35)29(4,5)6)25(37)32-21-15-19(13-14-20(21)30)31-24(36)17(2)3/h8-15,22,27H,2,7,16H2,1,3-6H3,(H,31,36)(H,32,37). The zero-order valence-corrected chi connectivity index (χ0v) is 23.9. The minimum absolute atomic E-state index is 0.0287. The smallest absolute Gasteiger partial charge is 0.330 e. The Bertz CT molecular complexity index is 1340. The van der Waals surface area contributed by atoms with Crippen molar-refractivity contribution in [3.8, 4) is 0 Å². The highest BCUT2D eigenvalue weighted by Crippen LogP contribution is 2.31. The normalized spacial score (nSPS) is 16.1. The molecule has 3 rings (SSSR count). The van der Waals surface area contributed by atoms with Crippen LogP contribution in [-0.4, -0.2) is 58.2 Å². The van der Waals surface area contributed by atoms with Gasteiger partial charge in [-0.05, 0) is 37.6 Å². The Balaban J connectivity index is 1.99. The first-order valence-electron chi connectivity index (χ1n) is 12.7. The summed E-state index contributed by atoms with van der Waals surface area (Å²) in [4.78, 5) is 68.5. The maximum absolute atomic E-state index is 13.7. The van der Waals surface area contributed by atoms with Crippen LogP contribution in [0.5, 0.6) is 0 Å². The van der Waals surface area contributed by atoms with Gasteiger partial charge in [0.2, 0.25) is 6.23 Å². The van der Waals surface area contributed by atoms with Gasteiger partial charge in [-0.1, -0.05) is 69.3 Å². The molecule has 0 saturated carbocycles. The summed E-state index contributed by atoms with van der Waals surface area (Å²) in [6, 6.07) is 10.7. The number of imide groups is 1. The summed E-state index contributed by atoms with van der Waals surface area (Å²) in [6.45, 7) is 11.7. The molecule has 40 heavy (non-hydrogen) atoms. The Hall–Kier alpha value is -4.02. The predicted octanol–water partition coefficient (Wildman–Crippen LogP) is 4.60. The highest BCUT2D eigenvalue weighted by atomic mass is 35.5. The van der Waals surface area contributed by atoms with E-state index in [2.05, 4.69) is 17.2 Å². The molecule has 1 aliphatic heterocycles. The Morgan fingerprint density at radius 3 is 2.30 bits per heavy atom. The van der Waals surface area contributed by atoms with Crippen LogP contribution in [0.2, 0.25) is 5.02 Å². The second-order valence-electron chi connectivity index (χ2n) is 10.3. The van der Waals surface area contributed by atoms with Gasteiger partial charge in [-0.15, -0.1) is 0 Å². The van der Waals surface area contributed by atoms with Crippen LogP contribution >= 0.6 is 11.6 Å². The van der Waals surface area contributed by atoms with E-state index in [-0.39, 0.29) is 29.4 Å². The molecule has 5 amide bonds. The zero-order valence-electron chi connectivity index (χ0n) is 23.1. The zero-order chi connectivity index (χ0) is 29.8. The number of hydrogen-bond acceptors (Lipinski definition) is 6. The molecule has 0 spiro atoms. The molecule has 0 bridgehead atoms. The Labute approximate surface area is 238 Å². The summed E-state index contributed by atoms with van der Waals surface area (Å²) >= 11 is 6.30. The number of carbonyl (C=O) groups excluding carboxylic acids is 5. The number of Topliss-reactive ketones (excluding diaryl/α,β-unsaturated/α-hetero) is 1. The van der Waals surface area contributed by atoms with Crippen LogP contribution in [0.3, 0.4) is 0 Å². The molecule has 1 aliphatic rings. The number of anilines is 2. The van der Waals surface area contributed by atoms with Gasteiger partial charge in [-0.3, -0.25) is 24.1 Å². The summed E-state index contributed by atoms with van der Waals surface area (Å²) in [5.74, 6) is -2.86. The third-order valence-electron chi connectivity index (χ3n) is 6.07. The van der Waals surface area contributed by atoms with Crippen LogP contribution in [-0.2, 0) is 30.5 Å². The fourth-order valence-corrected chi connectivity index (χ4v) is 4.14. The number of benzene rings is 2. The van der Waals surface area contributed by atoms with Gasteiger partial charge in [0.15, 0.2) is 11.8 Å². The fourth-order valence-electron chi connectivity index (χ4n) is 3.97. The summed E-state index contributed by atoms with van der Waals surface area (Å²) in [7, 11) is 0. The molecule has 0 radical (unpaired) electrons. The van der Waals surface area contributed by atoms with Crippen molar-refractivity contribution in [3.05, 3.63) is 71.3 Å². The molecular formula is C29H33ClN4O6. The van der Waals surface area contributed by atoms with E-state index >= 15 is 0 Å². The van der Waals surface area contributed by atoms with Crippen molar-refractivity contribution >= 4 is 52.5 Å². The van der Waals surface area contributed by atoms with E-state index in [0.29, 0.717) is 10.6 Å². The van der Waals surface area contributed by atoms with Crippen LogP contribution in [0.4, 0.5) is 16.2 Å². The number of urea groups is 1. The van der Waals surface area contributed by atoms with Gasteiger partial charge in [0, 0.05) is 23.3 Å². The van der Waals surface area contributed by atoms with Gasteiger partial charge in [-0.2, -0.15) is 0 Å². The second kappa shape index (κ2) is 12.4. The van der Waals surface area contributed by atoms with Crippen LogP contribution in [0.15, 0.2) is 60.7 Å². The fraction of sp³-hybridized carbons (Fsp3) is 0.345. The number of nitrogens with zero attached hydrogens (tertiary/aromatic N) is 2. The largest absolute Gasteiger partial charge is 0.350 e. The average molecular weight is 569 g/mol. The molecule has 1 fully saturated rings. The SMILES string of the molecule is C=C(C)C(=O)Nc1ccc(Cl)c(NC(=O)C(C(=O)C(C)(C)C)N2C(=O)C(OCC)N(Cc3ccccc3)C2=O)c1. The van der Waals surface area contributed by atoms with E-state index in [1.807, 2.05) is 6.07 Å². The number of ketones is 1. The van der Waals surface area contributed by atoms with Crippen molar-refractivity contribution in [2.45, 2.75) is 53.4 Å². The number of nitrogens with one attached hydrogen (secondary N) is 2. The van der Waals surface area contributed by atoms with Gasteiger partial charge < -0.3 is 15.4 Å². The van der Waals surface area contributed by atoms with Crippen molar-refractivity contribution in [1.82, 2.24) is 9.80 Å². The molecule has 2 atom stereocenters. The van der Waals surface area contributed by atoms with Crippen molar-refractivity contribution < 1.29 is 28.7 Å². The summed E-state index contributed by atoms with van der Waals surface area (Å²) in [5, 5.41) is 5.30. The predicted molar refractivity (Wildman–Crippen MR) is 151 cm³/mol. The van der Waals surface area contributed by atoms with Crippen molar-refractivity contribution in [2.24, 2.45) is 5.41 Å². The lowest BCUT2D eigenvalue weighted by atomic mass is 9.85. The number of amides is 5. The van der Waals surface area contributed by atoms with Gasteiger partial charge in [0.05, 0.1) is 17.3 Å². The molecule has 212 valence electrons. The Morgan fingerprint density at radius 1 is 1.07 bits per heavy atom. The van der Waals surface area contributed by atoms with E-state index < -0.39 is 47.2 Å². The lowest BCUT2D eigenvalue weighted by Gasteiger charge is -2.29. The molecule has 2 aromatic carbocycles. The van der Waals surface area contributed by atoms with Crippen molar-refractivity contribution in [3.63, 3.8) is 0 Å². The van der Waals surface area contributed by atoms with Gasteiger partial charge in [0.1, 0.15) is 0 Å². The van der Waals surface area contributed by atoms with Gasteiger partial charge in [-0.25, -0.2) is 9.69 Å². The highest BCUT2D eigenvalue weighted by molar-refractivity contribution is 6.34. The summed E-state index contributed by atoms with van der Waals surface area (Å²) in [5.41, 5.74) is 0.284. The first-order valence-corrected chi connectivity index (χ1v) is 13.0. The topological polar surface area (TPSA) is 125 Å². The second-order valence-corrected chi connectivity index (χ2v) is 10.8. The Morgan fingerprint density at radius 2 is 1.73 bits per heavy atom. The molecule has 10 nitrogen and oxygen atoms in total. The lowest BCUT2D eigenvalue weighted by Crippen LogP contribution is -2.55. The van der Waals surface area contributed by atoms with E-state index in [9.17, 15) is 24.0 Å². The highest BCUT2D eigenvalue weighted by Gasteiger charge is 2.54. The lowest BCUT2D eigenvalue weighted by molar-refractivity contribution is -0.149. The molecule has 11 heteroatoms. The molecular weight excluding hydrogens is 536 g/mol. The summed E-state index contributed by atoms with van der Waals surface area (Å²) < 4.78 is 5.61. The van der Waals surface area contributed by atoms with Gasteiger partial charge in [0.25, 0.3) is 17.7 Å². The van der Waals surface area contributed by atoms with Crippen LogP contribution in [0, 0.1) is 5.41 Å². The molecule has 0 aromatic heterocycles. The van der Waals surface area contributed by atoms with E-state index in [1.165, 1.54) is 30.0 Å². The molecule has 2 unspecified atom stereocenters. The minimum Gasteiger partial charge on any atom is -0.350 e. The van der Waals surface area contributed by atoms with Crippen LogP contribution < -0.4 is 10.6 Å². The maximum atomic E-state index is 13.7. The van der Waals surface area contributed by atoms with E-state index in [0.717, 1.165) is 5.56 Å². The minimum atomic E-state index is -1.81.